The molecule has 0 bridgehead atoms. The van der Waals surface area contributed by atoms with Crippen LogP contribution >= 0.6 is 0 Å². The van der Waals surface area contributed by atoms with E-state index in [1.165, 1.54) is 12.8 Å². The Kier molecular flexibility index (Phi) is 5.21. The van der Waals surface area contributed by atoms with Crippen molar-refractivity contribution in [2.24, 2.45) is 11.8 Å². The van der Waals surface area contributed by atoms with Crippen LogP contribution in [0.25, 0.3) is 0 Å². The standard InChI is InChI=1S/C17H22N2O2/c1-12-4-3-5-16(13(12)2)19-17(20)11-21-15-8-6-14(10-18)7-9-15/h6-9,12-13,16H,3-5,11H2,1-2H3,(H,19,20)/t12-,13+,16+/m0/s1. The lowest BCUT2D eigenvalue weighted by Crippen LogP contribution is -2.45. The zero-order valence-corrected chi connectivity index (χ0v) is 12.6. The maximum absolute atomic E-state index is 12.0. The minimum atomic E-state index is -0.0784. The van der Waals surface area contributed by atoms with Gasteiger partial charge in [0.1, 0.15) is 5.75 Å². The number of nitrogens with zero attached hydrogens (tertiary/aromatic N) is 1. The Hall–Kier alpha value is -2.02. The van der Waals surface area contributed by atoms with E-state index in [1.807, 2.05) is 6.07 Å². The average Bonchev–Trinajstić information content (AvgIpc) is 2.50. The van der Waals surface area contributed by atoms with Crippen LogP contribution in [0, 0.1) is 23.2 Å². The van der Waals surface area contributed by atoms with E-state index < -0.39 is 0 Å². The molecule has 1 fully saturated rings. The van der Waals surface area contributed by atoms with Crippen LogP contribution in [-0.4, -0.2) is 18.6 Å². The normalized spacial score (nSPS) is 24.9. The number of nitrogens with one attached hydrogen (secondary N) is 1. The van der Waals surface area contributed by atoms with Crippen molar-refractivity contribution in [3.63, 3.8) is 0 Å². The number of ether oxygens (including phenoxy) is 1. The average molecular weight is 286 g/mol. The molecule has 0 unspecified atom stereocenters. The number of hydrogen-bond donors (Lipinski definition) is 1. The van der Waals surface area contributed by atoms with Gasteiger partial charge in [0.15, 0.2) is 6.61 Å². The summed E-state index contributed by atoms with van der Waals surface area (Å²) < 4.78 is 5.45. The molecule has 1 amide bonds. The monoisotopic (exact) mass is 286 g/mol. The maximum Gasteiger partial charge on any atom is 0.258 e. The lowest BCUT2D eigenvalue weighted by atomic mass is 9.78. The van der Waals surface area contributed by atoms with Crippen molar-refractivity contribution in [3.05, 3.63) is 29.8 Å². The molecule has 1 N–H and O–H groups in total. The zero-order valence-electron chi connectivity index (χ0n) is 12.6. The quantitative estimate of drug-likeness (QED) is 0.925. The maximum atomic E-state index is 12.0. The first-order chi connectivity index (χ1) is 10.1. The van der Waals surface area contributed by atoms with Crippen molar-refractivity contribution in [2.45, 2.75) is 39.2 Å². The highest BCUT2D eigenvalue weighted by Crippen LogP contribution is 2.29. The number of nitriles is 1. The van der Waals surface area contributed by atoms with E-state index in [0.29, 0.717) is 23.1 Å². The van der Waals surface area contributed by atoms with Crippen LogP contribution < -0.4 is 10.1 Å². The fourth-order valence-electron chi connectivity index (χ4n) is 2.81. The van der Waals surface area contributed by atoms with E-state index in [2.05, 4.69) is 19.2 Å². The first kappa shape index (κ1) is 15.4. The Morgan fingerprint density at radius 3 is 2.71 bits per heavy atom. The third kappa shape index (κ3) is 4.22. The predicted molar refractivity (Wildman–Crippen MR) is 80.8 cm³/mol. The van der Waals surface area contributed by atoms with Gasteiger partial charge in [-0.25, -0.2) is 0 Å². The number of hydrogen-bond acceptors (Lipinski definition) is 3. The van der Waals surface area contributed by atoms with E-state index in [4.69, 9.17) is 10.00 Å². The topological polar surface area (TPSA) is 62.1 Å². The molecule has 3 atom stereocenters. The highest BCUT2D eigenvalue weighted by molar-refractivity contribution is 5.77. The minimum absolute atomic E-state index is 0.0174. The van der Waals surface area contributed by atoms with Crippen LogP contribution in [0.15, 0.2) is 24.3 Å². The van der Waals surface area contributed by atoms with Gasteiger partial charge in [-0.3, -0.25) is 4.79 Å². The Morgan fingerprint density at radius 1 is 1.33 bits per heavy atom. The summed E-state index contributed by atoms with van der Waals surface area (Å²) in [7, 11) is 0. The second-order valence-corrected chi connectivity index (χ2v) is 5.87. The minimum Gasteiger partial charge on any atom is -0.484 e. The molecule has 4 nitrogen and oxygen atoms in total. The molecule has 1 saturated carbocycles. The molecule has 4 heteroatoms. The highest BCUT2D eigenvalue weighted by Gasteiger charge is 2.28. The molecule has 2 rings (SSSR count). The number of carbonyl (C=O) groups excluding carboxylic acids is 1. The van der Waals surface area contributed by atoms with Crippen LogP contribution in [0.4, 0.5) is 0 Å². The summed E-state index contributed by atoms with van der Waals surface area (Å²) in [5, 5.41) is 11.8. The van der Waals surface area contributed by atoms with Gasteiger partial charge in [0.25, 0.3) is 5.91 Å². The van der Waals surface area contributed by atoms with Crippen LogP contribution in [0.1, 0.15) is 38.7 Å². The van der Waals surface area contributed by atoms with Gasteiger partial charge in [-0.1, -0.05) is 26.7 Å². The van der Waals surface area contributed by atoms with Gasteiger partial charge in [-0.15, -0.1) is 0 Å². The number of carbonyl (C=O) groups is 1. The Bertz CT molecular complexity index is 519. The Morgan fingerprint density at radius 2 is 2.05 bits per heavy atom. The molecule has 1 aromatic carbocycles. The molecule has 0 heterocycles. The third-order valence-electron chi connectivity index (χ3n) is 4.41. The largest absolute Gasteiger partial charge is 0.484 e. The van der Waals surface area contributed by atoms with Crippen molar-refractivity contribution in [1.29, 1.82) is 5.26 Å². The summed E-state index contributed by atoms with van der Waals surface area (Å²) in [5.74, 6) is 1.70. The van der Waals surface area contributed by atoms with Crippen molar-refractivity contribution >= 4 is 5.91 Å². The van der Waals surface area contributed by atoms with Gasteiger partial charge in [0.05, 0.1) is 11.6 Å². The van der Waals surface area contributed by atoms with E-state index in [0.717, 1.165) is 6.42 Å². The Labute approximate surface area is 126 Å². The number of rotatable bonds is 4. The lowest BCUT2D eigenvalue weighted by Gasteiger charge is -2.34. The first-order valence-electron chi connectivity index (χ1n) is 7.52. The fraction of sp³-hybridized carbons (Fsp3) is 0.529. The van der Waals surface area contributed by atoms with Gasteiger partial charge in [-0.2, -0.15) is 5.26 Å². The van der Waals surface area contributed by atoms with Gasteiger partial charge < -0.3 is 10.1 Å². The van der Waals surface area contributed by atoms with Crippen LogP contribution in [-0.2, 0) is 4.79 Å². The van der Waals surface area contributed by atoms with Crippen LogP contribution in [0.5, 0.6) is 5.75 Å². The highest BCUT2D eigenvalue weighted by atomic mass is 16.5. The van der Waals surface area contributed by atoms with Crippen LogP contribution in [0.2, 0.25) is 0 Å². The molecular formula is C17H22N2O2. The molecular weight excluding hydrogens is 264 g/mol. The van der Waals surface area contributed by atoms with E-state index in [9.17, 15) is 4.79 Å². The lowest BCUT2D eigenvalue weighted by molar-refractivity contribution is -0.124. The van der Waals surface area contributed by atoms with Gasteiger partial charge in [0.2, 0.25) is 0 Å². The molecule has 0 radical (unpaired) electrons. The molecule has 21 heavy (non-hydrogen) atoms. The van der Waals surface area contributed by atoms with E-state index in [1.54, 1.807) is 24.3 Å². The molecule has 0 aliphatic heterocycles. The fourth-order valence-corrected chi connectivity index (χ4v) is 2.81. The summed E-state index contributed by atoms with van der Waals surface area (Å²) in [4.78, 5) is 12.0. The summed E-state index contributed by atoms with van der Waals surface area (Å²) in [6.07, 6.45) is 3.47. The van der Waals surface area contributed by atoms with Gasteiger partial charge in [0, 0.05) is 6.04 Å². The molecule has 1 aliphatic rings. The van der Waals surface area contributed by atoms with Gasteiger partial charge >= 0.3 is 0 Å². The smallest absolute Gasteiger partial charge is 0.258 e. The third-order valence-corrected chi connectivity index (χ3v) is 4.41. The van der Waals surface area contributed by atoms with E-state index in [-0.39, 0.29) is 18.6 Å². The van der Waals surface area contributed by atoms with Gasteiger partial charge in [-0.05, 0) is 42.5 Å². The zero-order chi connectivity index (χ0) is 15.2. The van der Waals surface area contributed by atoms with Crippen molar-refractivity contribution in [2.75, 3.05) is 6.61 Å². The summed E-state index contributed by atoms with van der Waals surface area (Å²) in [6, 6.07) is 9.07. The van der Waals surface area contributed by atoms with Crippen molar-refractivity contribution in [3.8, 4) is 11.8 Å². The predicted octanol–water partition coefficient (Wildman–Crippen LogP) is 2.88. The van der Waals surface area contributed by atoms with Crippen molar-refractivity contribution < 1.29 is 9.53 Å². The number of amides is 1. The summed E-state index contributed by atoms with van der Waals surface area (Å²) in [6.45, 7) is 4.47. The second kappa shape index (κ2) is 7.12. The first-order valence-corrected chi connectivity index (χ1v) is 7.52. The molecule has 0 spiro atoms. The second-order valence-electron chi connectivity index (χ2n) is 5.87. The molecule has 0 saturated heterocycles. The summed E-state index contributed by atoms with van der Waals surface area (Å²) >= 11 is 0. The number of benzene rings is 1. The van der Waals surface area contributed by atoms with Crippen molar-refractivity contribution in [1.82, 2.24) is 5.32 Å². The molecule has 1 aliphatic carbocycles. The van der Waals surface area contributed by atoms with E-state index >= 15 is 0 Å². The Balaban J connectivity index is 1.80. The van der Waals surface area contributed by atoms with Crippen LogP contribution in [0.3, 0.4) is 0 Å². The molecule has 112 valence electrons. The summed E-state index contributed by atoms with van der Waals surface area (Å²) in [5.41, 5.74) is 0.580. The SMILES string of the molecule is C[C@@H]1[C@@H](C)CCC[C@H]1NC(=O)COc1ccc(C#N)cc1. The molecule has 0 aromatic heterocycles. The molecule has 1 aromatic rings.